The monoisotopic (exact) mass is 536 g/mol. The van der Waals surface area contributed by atoms with Gasteiger partial charge in [-0.15, -0.1) is 0 Å². The van der Waals surface area contributed by atoms with E-state index in [1.807, 2.05) is 12.1 Å². The van der Waals surface area contributed by atoms with Crippen molar-refractivity contribution in [2.24, 2.45) is 0 Å². The molecule has 0 saturated heterocycles. The smallest absolute Gasteiger partial charge is 0.146 e. The van der Waals surface area contributed by atoms with Crippen molar-refractivity contribution in [2.45, 2.75) is 45.7 Å². The van der Waals surface area contributed by atoms with Crippen molar-refractivity contribution >= 4 is 32.2 Å². The molecule has 2 aromatic carbocycles. The average Bonchev–Trinajstić information content (AvgIpc) is 2.87. The Labute approximate surface area is 218 Å². The molecule has 2 aromatic rings. The third-order valence-corrected chi connectivity index (χ3v) is 8.10. The van der Waals surface area contributed by atoms with Crippen LogP contribution >= 0.6 is 11.8 Å². The van der Waals surface area contributed by atoms with Gasteiger partial charge in [-0.2, -0.15) is 0 Å². The van der Waals surface area contributed by atoms with Crippen LogP contribution in [-0.4, -0.2) is 84.2 Å². The molecular weight excluding hydrogens is 504 g/mol. The van der Waals surface area contributed by atoms with E-state index in [2.05, 4.69) is 20.5 Å². The SMILES string of the molecule is COC(CC([Si])(OC)OC)c1cc(O)ccc1Sc1ccc(O)cc1C(CC([Si])(OC)OC)OC. The maximum Gasteiger partial charge on any atom is 0.146 e. The Balaban J connectivity index is 2.51. The first-order valence-electron chi connectivity index (χ1n) is 10.7. The highest BCUT2D eigenvalue weighted by Crippen LogP contribution is 2.43. The topological polar surface area (TPSA) is 95.8 Å². The fourth-order valence-corrected chi connectivity index (χ4v) is 5.00. The lowest BCUT2D eigenvalue weighted by atomic mass is 10.0. The van der Waals surface area contributed by atoms with Gasteiger partial charge in [0.25, 0.3) is 0 Å². The number of hydrogen-bond donors (Lipinski definition) is 2. The Morgan fingerprint density at radius 3 is 1.31 bits per heavy atom. The van der Waals surface area contributed by atoms with E-state index in [9.17, 15) is 10.2 Å². The van der Waals surface area contributed by atoms with Gasteiger partial charge in [0, 0.05) is 65.3 Å². The lowest BCUT2D eigenvalue weighted by molar-refractivity contribution is -0.164. The summed E-state index contributed by atoms with van der Waals surface area (Å²) in [5.41, 5.74) is -0.660. The van der Waals surface area contributed by atoms with Gasteiger partial charge in [0.2, 0.25) is 0 Å². The molecule has 0 heterocycles. The van der Waals surface area contributed by atoms with Gasteiger partial charge in [-0.25, -0.2) is 0 Å². The van der Waals surface area contributed by atoms with Gasteiger partial charge in [0.1, 0.15) is 42.8 Å². The summed E-state index contributed by atoms with van der Waals surface area (Å²) >= 11 is 1.45. The second kappa shape index (κ2) is 13.2. The summed E-state index contributed by atoms with van der Waals surface area (Å²) in [6, 6.07) is 10.2. The van der Waals surface area contributed by atoms with Gasteiger partial charge in [-0.05, 0) is 47.5 Å². The predicted octanol–water partition coefficient (Wildman–Crippen LogP) is 3.63. The Morgan fingerprint density at radius 1 is 0.686 bits per heavy atom. The second-order valence-corrected chi connectivity index (χ2v) is 10.3. The minimum absolute atomic E-state index is 0.102. The molecule has 2 unspecified atom stereocenters. The molecule has 2 N–H and O–H groups in total. The van der Waals surface area contributed by atoms with Crippen molar-refractivity contribution in [1.29, 1.82) is 0 Å². The van der Waals surface area contributed by atoms with E-state index >= 15 is 0 Å². The van der Waals surface area contributed by atoms with Crippen LogP contribution in [0.25, 0.3) is 0 Å². The lowest BCUT2D eigenvalue weighted by Crippen LogP contribution is -2.36. The van der Waals surface area contributed by atoms with E-state index in [4.69, 9.17) is 28.4 Å². The first-order chi connectivity index (χ1) is 16.6. The average molecular weight is 537 g/mol. The second-order valence-electron chi connectivity index (χ2n) is 7.73. The van der Waals surface area contributed by atoms with Crippen molar-refractivity contribution in [2.75, 3.05) is 42.7 Å². The van der Waals surface area contributed by atoms with Gasteiger partial charge >= 0.3 is 0 Å². The number of methoxy groups -OCH3 is 6. The van der Waals surface area contributed by atoms with Crippen LogP contribution in [0.3, 0.4) is 0 Å². The first kappa shape index (κ1) is 29.8. The van der Waals surface area contributed by atoms with Gasteiger partial charge in [-0.1, -0.05) is 11.8 Å². The van der Waals surface area contributed by atoms with Gasteiger partial charge < -0.3 is 38.6 Å². The number of benzene rings is 2. The fraction of sp³-hybridized carbons (Fsp3) is 0.500. The number of phenolic OH excluding ortho intramolecular Hbond substituents is 2. The summed E-state index contributed by atoms with van der Waals surface area (Å²) in [5.74, 6) is 0.205. The molecule has 190 valence electrons. The summed E-state index contributed by atoms with van der Waals surface area (Å²) in [5, 5.41) is 20.5. The lowest BCUT2D eigenvalue weighted by Gasteiger charge is -2.32. The van der Waals surface area contributed by atoms with Gasteiger partial charge in [0.15, 0.2) is 0 Å². The molecule has 35 heavy (non-hydrogen) atoms. The van der Waals surface area contributed by atoms with Crippen molar-refractivity contribution in [3.05, 3.63) is 47.5 Å². The van der Waals surface area contributed by atoms with E-state index in [1.165, 1.54) is 40.2 Å². The fourth-order valence-electron chi connectivity index (χ4n) is 3.51. The summed E-state index contributed by atoms with van der Waals surface area (Å²) in [6.45, 7) is 0. The molecule has 2 rings (SSSR count). The molecule has 0 aliphatic rings. The number of aromatic hydroxyl groups is 2. The van der Waals surface area contributed by atoms with Gasteiger partial charge in [-0.3, -0.25) is 0 Å². The standard InChI is InChI=1S/C24H32O8SSi2/c1-27-19(13-23(34,29-3)30-4)17-11-15(25)7-9-21(17)33-22-10-8-16(26)12-18(22)20(28-2)14-24(35,31-5)32-6/h7-12,19-20,25-26H,13-14H2,1-6H3. The maximum absolute atomic E-state index is 10.2. The van der Waals surface area contributed by atoms with Crippen LogP contribution in [0.4, 0.5) is 0 Å². The van der Waals surface area contributed by atoms with Crippen molar-refractivity contribution in [1.82, 2.24) is 0 Å². The van der Waals surface area contributed by atoms with E-state index in [1.54, 1.807) is 38.5 Å². The van der Waals surface area contributed by atoms with E-state index in [0.29, 0.717) is 12.8 Å². The Morgan fingerprint density at radius 2 is 1.03 bits per heavy atom. The Kier molecular flexibility index (Phi) is 11.3. The predicted molar refractivity (Wildman–Crippen MR) is 134 cm³/mol. The zero-order chi connectivity index (χ0) is 26.2. The molecule has 0 fully saturated rings. The van der Waals surface area contributed by atoms with Crippen molar-refractivity contribution in [3.63, 3.8) is 0 Å². The van der Waals surface area contributed by atoms with Crippen molar-refractivity contribution < 1.29 is 38.6 Å². The molecule has 0 aliphatic heterocycles. The summed E-state index contributed by atoms with van der Waals surface area (Å²) < 4.78 is 33.3. The normalized spacial score (nSPS) is 14.2. The molecule has 0 saturated carbocycles. The number of ether oxygens (including phenoxy) is 6. The van der Waals surface area contributed by atoms with Crippen LogP contribution < -0.4 is 0 Å². The van der Waals surface area contributed by atoms with Crippen LogP contribution in [0.1, 0.15) is 36.2 Å². The molecule has 11 heteroatoms. The van der Waals surface area contributed by atoms with Crippen LogP contribution in [-0.2, 0) is 28.4 Å². The molecular formula is C24H32O8SSi2. The molecule has 0 amide bonds. The quantitative estimate of drug-likeness (QED) is 0.277. The highest BCUT2D eigenvalue weighted by Gasteiger charge is 2.32. The highest BCUT2D eigenvalue weighted by atomic mass is 32.2. The molecule has 0 spiro atoms. The van der Waals surface area contributed by atoms with Crippen molar-refractivity contribution in [3.8, 4) is 11.5 Å². The summed E-state index contributed by atoms with van der Waals surface area (Å²) in [6.07, 6.45) is -0.336. The number of hydrogen-bond acceptors (Lipinski definition) is 9. The minimum atomic E-state index is -1.07. The molecule has 8 nitrogen and oxygen atoms in total. The van der Waals surface area contributed by atoms with Gasteiger partial charge in [0.05, 0.1) is 12.2 Å². The first-order valence-corrected chi connectivity index (χ1v) is 12.5. The van der Waals surface area contributed by atoms with E-state index in [0.717, 1.165) is 20.9 Å². The van der Waals surface area contributed by atoms with Crippen LogP contribution in [0, 0.1) is 0 Å². The molecule has 2 atom stereocenters. The zero-order valence-electron chi connectivity index (χ0n) is 20.8. The van der Waals surface area contributed by atoms with Crippen LogP contribution in [0.15, 0.2) is 46.2 Å². The summed E-state index contributed by atoms with van der Waals surface area (Å²) in [7, 11) is 16.3. The Hall–Kier alpha value is -1.42. The third kappa shape index (κ3) is 7.78. The minimum Gasteiger partial charge on any atom is -0.508 e. The third-order valence-electron chi connectivity index (χ3n) is 5.70. The van der Waals surface area contributed by atoms with E-state index in [-0.39, 0.29) is 11.5 Å². The van der Waals surface area contributed by atoms with E-state index < -0.39 is 23.0 Å². The zero-order valence-corrected chi connectivity index (χ0v) is 23.6. The molecule has 0 aliphatic carbocycles. The summed E-state index contributed by atoms with van der Waals surface area (Å²) in [4.78, 5) is 1.67. The molecule has 0 bridgehead atoms. The molecule has 6 radical (unpaired) electrons. The number of rotatable bonds is 14. The largest absolute Gasteiger partial charge is 0.508 e. The molecule has 0 aromatic heterocycles. The Bertz CT molecular complexity index is 878. The van der Waals surface area contributed by atoms with Crippen LogP contribution in [0.5, 0.6) is 11.5 Å². The highest BCUT2D eigenvalue weighted by molar-refractivity contribution is 7.99. The maximum atomic E-state index is 10.2. The number of phenols is 2. The van der Waals surface area contributed by atoms with Crippen LogP contribution in [0.2, 0.25) is 0 Å².